The van der Waals surface area contributed by atoms with Crippen LogP contribution < -0.4 is 10.6 Å². The molecule has 5 nitrogen and oxygen atoms in total. The third-order valence-electron chi connectivity index (χ3n) is 3.72. The van der Waals surface area contributed by atoms with Crippen LogP contribution in [0.1, 0.15) is 24.7 Å². The van der Waals surface area contributed by atoms with Gasteiger partial charge in [0.25, 0.3) is 0 Å². The number of hydrogen-bond acceptors (Lipinski definition) is 4. The molecule has 1 unspecified atom stereocenters. The molecular weight excluding hydrogens is 256 g/mol. The summed E-state index contributed by atoms with van der Waals surface area (Å²) in [6.07, 6.45) is 1.71. The van der Waals surface area contributed by atoms with E-state index >= 15 is 0 Å². The molecule has 0 bridgehead atoms. The van der Waals surface area contributed by atoms with Crippen LogP contribution in [0.5, 0.6) is 0 Å². The van der Waals surface area contributed by atoms with E-state index in [0.717, 1.165) is 37.2 Å². The zero-order chi connectivity index (χ0) is 13.8. The van der Waals surface area contributed by atoms with Gasteiger partial charge in [-0.2, -0.15) is 0 Å². The first-order valence-corrected chi connectivity index (χ1v) is 7.18. The van der Waals surface area contributed by atoms with Crippen LogP contribution in [0.15, 0.2) is 24.3 Å². The zero-order valence-corrected chi connectivity index (χ0v) is 11.4. The van der Waals surface area contributed by atoms with Crippen molar-refractivity contribution < 1.29 is 14.3 Å². The Hall–Kier alpha value is -1.43. The van der Waals surface area contributed by atoms with Crippen molar-refractivity contribution in [2.45, 2.75) is 19.1 Å². The number of anilines is 1. The minimum absolute atomic E-state index is 0.0615. The number of amides is 1. The molecule has 2 aliphatic rings. The maximum atomic E-state index is 12.2. The van der Waals surface area contributed by atoms with Gasteiger partial charge in [-0.15, -0.1) is 0 Å². The molecule has 20 heavy (non-hydrogen) atoms. The van der Waals surface area contributed by atoms with Crippen LogP contribution in [0, 0.1) is 5.92 Å². The molecule has 1 aromatic rings. The van der Waals surface area contributed by atoms with Crippen LogP contribution in [0.4, 0.5) is 5.69 Å². The molecule has 0 radical (unpaired) electrons. The van der Waals surface area contributed by atoms with Crippen molar-refractivity contribution in [1.29, 1.82) is 0 Å². The number of piperidine rings is 1. The van der Waals surface area contributed by atoms with E-state index in [1.54, 1.807) is 0 Å². The maximum absolute atomic E-state index is 12.2. The molecule has 108 valence electrons. The predicted molar refractivity (Wildman–Crippen MR) is 75.3 cm³/mol. The average molecular weight is 276 g/mol. The van der Waals surface area contributed by atoms with Crippen molar-refractivity contribution in [1.82, 2.24) is 5.32 Å². The van der Waals surface area contributed by atoms with Crippen molar-refractivity contribution in [2.24, 2.45) is 5.92 Å². The fourth-order valence-electron chi connectivity index (χ4n) is 2.63. The smallest absolute Gasteiger partial charge is 0.228 e. The standard InChI is InChI=1S/C15H20N2O3/c18-14(12-4-2-6-16-10-12)17-13-5-1-3-11(9-13)15-19-7-8-20-15/h1,3,5,9,12,15-16H,2,4,6-8,10H2,(H,17,18). The summed E-state index contributed by atoms with van der Waals surface area (Å²) in [5, 5.41) is 6.24. The van der Waals surface area contributed by atoms with Gasteiger partial charge in [-0.1, -0.05) is 12.1 Å². The minimum atomic E-state index is -0.303. The van der Waals surface area contributed by atoms with Gasteiger partial charge < -0.3 is 20.1 Å². The van der Waals surface area contributed by atoms with Crippen molar-refractivity contribution in [3.05, 3.63) is 29.8 Å². The molecule has 5 heteroatoms. The Labute approximate surface area is 118 Å². The molecule has 1 amide bonds. The van der Waals surface area contributed by atoms with E-state index in [4.69, 9.17) is 9.47 Å². The number of carbonyl (C=O) groups is 1. The Balaban J connectivity index is 1.64. The summed E-state index contributed by atoms with van der Waals surface area (Å²) in [6.45, 7) is 3.01. The van der Waals surface area contributed by atoms with E-state index in [2.05, 4.69) is 10.6 Å². The molecule has 2 N–H and O–H groups in total. The Bertz CT molecular complexity index is 466. The molecule has 1 atom stereocenters. The van der Waals surface area contributed by atoms with Gasteiger partial charge in [0.2, 0.25) is 5.91 Å². The number of ether oxygens (including phenoxy) is 2. The van der Waals surface area contributed by atoms with E-state index < -0.39 is 0 Å². The summed E-state index contributed by atoms with van der Waals surface area (Å²) in [7, 11) is 0. The lowest BCUT2D eigenvalue weighted by Crippen LogP contribution is -2.37. The van der Waals surface area contributed by atoms with E-state index in [1.165, 1.54) is 0 Å². The highest BCUT2D eigenvalue weighted by Gasteiger charge is 2.22. The number of rotatable bonds is 3. The number of hydrogen-bond donors (Lipinski definition) is 2. The minimum Gasteiger partial charge on any atom is -0.346 e. The van der Waals surface area contributed by atoms with Crippen LogP contribution in [0.25, 0.3) is 0 Å². The van der Waals surface area contributed by atoms with Gasteiger partial charge in [0.1, 0.15) is 0 Å². The highest BCUT2D eigenvalue weighted by Crippen LogP contribution is 2.25. The molecule has 0 aliphatic carbocycles. The molecule has 1 aromatic carbocycles. The Kier molecular flexibility index (Phi) is 4.30. The third-order valence-corrected chi connectivity index (χ3v) is 3.72. The summed E-state index contributed by atoms with van der Waals surface area (Å²) < 4.78 is 10.9. The summed E-state index contributed by atoms with van der Waals surface area (Å²) in [4.78, 5) is 12.2. The summed E-state index contributed by atoms with van der Waals surface area (Å²) in [5.74, 6) is 0.147. The Morgan fingerprint density at radius 1 is 1.30 bits per heavy atom. The second kappa shape index (κ2) is 6.35. The van der Waals surface area contributed by atoms with Gasteiger partial charge >= 0.3 is 0 Å². The van der Waals surface area contributed by atoms with E-state index in [0.29, 0.717) is 13.2 Å². The molecule has 2 saturated heterocycles. The Morgan fingerprint density at radius 3 is 2.90 bits per heavy atom. The van der Waals surface area contributed by atoms with Crippen LogP contribution in [0.3, 0.4) is 0 Å². The lowest BCUT2D eigenvalue weighted by atomic mass is 9.99. The molecular formula is C15H20N2O3. The molecule has 0 aromatic heterocycles. The van der Waals surface area contributed by atoms with Crippen LogP contribution >= 0.6 is 0 Å². The van der Waals surface area contributed by atoms with Gasteiger partial charge in [-0.05, 0) is 31.5 Å². The molecule has 0 spiro atoms. The highest BCUT2D eigenvalue weighted by molar-refractivity contribution is 5.92. The van der Waals surface area contributed by atoms with Crippen molar-refractivity contribution in [3.63, 3.8) is 0 Å². The lowest BCUT2D eigenvalue weighted by Gasteiger charge is -2.22. The summed E-state index contributed by atoms with van der Waals surface area (Å²) >= 11 is 0. The lowest BCUT2D eigenvalue weighted by molar-refractivity contribution is -0.120. The molecule has 2 heterocycles. The van der Waals surface area contributed by atoms with Crippen molar-refractivity contribution in [3.8, 4) is 0 Å². The zero-order valence-electron chi connectivity index (χ0n) is 11.4. The van der Waals surface area contributed by atoms with E-state index in [9.17, 15) is 4.79 Å². The molecule has 2 fully saturated rings. The van der Waals surface area contributed by atoms with Gasteiger partial charge in [0, 0.05) is 17.8 Å². The van der Waals surface area contributed by atoms with Gasteiger partial charge in [-0.3, -0.25) is 4.79 Å². The first-order chi connectivity index (χ1) is 9.83. The Morgan fingerprint density at radius 2 is 2.15 bits per heavy atom. The molecule has 0 saturated carbocycles. The van der Waals surface area contributed by atoms with Gasteiger partial charge in [0.15, 0.2) is 6.29 Å². The number of carbonyl (C=O) groups excluding carboxylic acids is 1. The summed E-state index contributed by atoms with van der Waals surface area (Å²) in [5.41, 5.74) is 1.75. The maximum Gasteiger partial charge on any atom is 0.228 e. The second-order valence-electron chi connectivity index (χ2n) is 5.23. The SMILES string of the molecule is O=C(Nc1cccc(C2OCCO2)c1)C1CCCNC1. The number of benzene rings is 1. The van der Waals surface area contributed by atoms with Gasteiger partial charge in [-0.25, -0.2) is 0 Å². The van der Waals surface area contributed by atoms with E-state index in [1.807, 2.05) is 24.3 Å². The molecule has 2 aliphatic heterocycles. The normalized spacial score (nSPS) is 23.7. The van der Waals surface area contributed by atoms with Crippen LogP contribution in [0.2, 0.25) is 0 Å². The fourth-order valence-corrected chi connectivity index (χ4v) is 2.63. The quantitative estimate of drug-likeness (QED) is 0.881. The molecule has 3 rings (SSSR count). The second-order valence-corrected chi connectivity index (χ2v) is 5.23. The monoisotopic (exact) mass is 276 g/mol. The van der Waals surface area contributed by atoms with Crippen molar-refractivity contribution in [2.75, 3.05) is 31.6 Å². The topological polar surface area (TPSA) is 59.6 Å². The van der Waals surface area contributed by atoms with Gasteiger partial charge in [0.05, 0.1) is 19.1 Å². The average Bonchev–Trinajstić information content (AvgIpc) is 3.03. The van der Waals surface area contributed by atoms with Crippen LogP contribution in [-0.4, -0.2) is 32.2 Å². The highest BCUT2D eigenvalue weighted by atomic mass is 16.7. The predicted octanol–water partition coefficient (Wildman–Crippen LogP) is 1.67. The number of nitrogens with one attached hydrogen (secondary N) is 2. The van der Waals surface area contributed by atoms with Crippen molar-refractivity contribution >= 4 is 11.6 Å². The van der Waals surface area contributed by atoms with E-state index in [-0.39, 0.29) is 18.1 Å². The largest absolute Gasteiger partial charge is 0.346 e. The summed E-state index contributed by atoms with van der Waals surface area (Å²) in [6, 6.07) is 7.68. The third kappa shape index (κ3) is 3.17. The fraction of sp³-hybridized carbons (Fsp3) is 0.533. The first kappa shape index (κ1) is 13.5. The first-order valence-electron chi connectivity index (χ1n) is 7.18. The van der Waals surface area contributed by atoms with Crippen LogP contribution in [-0.2, 0) is 14.3 Å².